The summed E-state index contributed by atoms with van der Waals surface area (Å²) in [6.45, 7) is 19.1. The fraction of sp³-hybridized carbons (Fsp3) is 0.935. The van der Waals surface area contributed by atoms with Gasteiger partial charge in [-0.15, -0.1) is 0 Å². The van der Waals surface area contributed by atoms with Gasteiger partial charge in [-0.1, -0.05) is 60.1 Å². The van der Waals surface area contributed by atoms with Crippen LogP contribution in [0.1, 0.15) is 113 Å². The topological polar surface area (TPSA) is 60.7 Å². The summed E-state index contributed by atoms with van der Waals surface area (Å²) in [5.41, 5.74) is 1.25. The number of allylic oxidation sites excluding steroid dienone is 2. The van der Waals surface area contributed by atoms with Crippen molar-refractivity contribution in [2.24, 2.45) is 50.2 Å². The lowest BCUT2D eigenvalue weighted by Gasteiger charge is -2.72. The van der Waals surface area contributed by atoms with E-state index in [1.54, 1.807) is 5.57 Å². The highest BCUT2D eigenvalue weighted by Gasteiger charge is 2.70. The molecule has 5 aliphatic rings. The average molecular weight is 473 g/mol. The maximum Gasteiger partial charge on any atom is 0.0683 e. The zero-order valence-corrected chi connectivity index (χ0v) is 23.3. The lowest BCUT2D eigenvalue weighted by Crippen LogP contribution is -2.67. The van der Waals surface area contributed by atoms with Gasteiger partial charge in [0.2, 0.25) is 0 Å². The molecule has 0 heterocycles. The van der Waals surface area contributed by atoms with Gasteiger partial charge in [0.05, 0.1) is 18.3 Å². The van der Waals surface area contributed by atoms with E-state index >= 15 is 0 Å². The second-order valence-corrected chi connectivity index (χ2v) is 15.8. The van der Waals surface area contributed by atoms with Crippen molar-refractivity contribution < 1.29 is 15.3 Å². The Balaban J connectivity index is 1.59. The molecule has 0 aromatic heterocycles. The average Bonchev–Trinajstić information content (AvgIpc) is 2.72. The molecular weight excluding hydrogens is 420 g/mol. The van der Waals surface area contributed by atoms with E-state index < -0.39 is 17.1 Å². The van der Waals surface area contributed by atoms with Gasteiger partial charge in [0.25, 0.3) is 0 Å². The molecule has 10 atom stereocenters. The molecule has 0 aliphatic heterocycles. The Kier molecular flexibility index (Phi) is 5.30. The number of rotatable bonds is 1. The van der Waals surface area contributed by atoms with Crippen molar-refractivity contribution >= 4 is 0 Å². The third-order valence-electron chi connectivity index (χ3n) is 13.7. The normalized spacial score (nSPS) is 58.6. The highest BCUT2D eigenvalue weighted by Crippen LogP contribution is 2.76. The van der Waals surface area contributed by atoms with Crippen LogP contribution in [0.4, 0.5) is 0 Å². The lowest BCUT2D eigenvalue weighted by atomic mass is 9.33. The van der Waals surface area contributed by atoms with Crippen LogP contribution in [0, 0.1) is 50.2 Å². The van der Waals surface area contributed by atoms with Crippen LogP contribution in [0.3, 0.4) is 0 Å². The van der Waals surface area contributed by atoms with Crippen molar-refractivity contribution in [3.63, 3.8) is 0 Å². The minimum atomic E-state index is -0.634. The first-order valence-electron chi connectivity index (χ1n) is 14.2. The quantitative estimate of drug-likeness (QED) is 0.382. The Bertz CT molecular complexity index is 889. The minimum Gasteiger partial charge on any atom is -0.396 e. The van der Waals surface area contributed by atoms with Gasteiger partial charge >= 0.3 is 0 Å². The first kappa shape index (κ1) is 25.3. The Morgan fingerprint density at radius 3 is 2.18 bits per heavy atom. The number of hydrogen-bond acceptors (Lipinski definition) is 3. The molecule has 1 unspecified atom stereocenters. The van der Waals surface area contributed by atoms with Crippen molar-refractivity contribution in [3.05, 3.63) is 11.6 Å². The predicted octanol–water partition coefficient (Wildman–Crippen LogP) is 6.50. The highest BCUT2D eigenvalue weighted by atomic mass is 16.3. The Morgan fingerprint density at radius 2 is 1.53 bits per heavy atom. The SMILES string of the molecule is CC1(C)C[C@@H]2C3=CC[C@@H]4[C@@]5(C)CC[C@H](O)[C@@](C)(CO)C5CC[C@@]4(C)[C@]3(C)CC[C@@]2(C)[C@](C)(O)C1. The zero-order valence-electron chi connectivity index (χ0n) is 23.3. The predicted molar refractivity (Wildman–Crippen MR) is 138 cm³/mol. The van der Waals surface area contributed by atoms with Gasteiger partial charge in [0, 0.05) is 10.8 Å². The molecule has 3 heteroatoms. The van der Waals surface area contributed by atoms with E-state index in [4.69, 9.17) is 0 Å². The molecule has 0 aromatic carbocycles. The molecule has 0 spiro atoms. The summed E-state index contributed by atoms with van der Waals surface area (Å²) in [4.78, 5) is 0. The summed E-state index contributed by atoms with van der Waals surface area (Å²) in [7, 11) is 0. The number of hydrogen-bond donors (Lipinski definition) is 3. The van der Waals surface area contributed by atoms with Gasteiger partial charge in [-0.3, -0.25) is 0 Å². The van der Waals surface area contributed by atoms with Crippen LogP contribution >= 0.6 is 0 Å². The van der Waals surface area contributed by atoms with E-state index in [-0.39, 0.29) is 33.7 Å². The third kappa shape index (κ3) is 2.87. The monoisotopic (exact) mass is 472 g/mol. The smallest absolute Gasteiger partial charge is 0.0683 e. The highest BCUT2D eigenvalue weighted by molar-refractivity contribution is 5.35. The van der Waals surface area contributed by atoms with E-state index in [0.29, 0.717) is 17.8 Å². The van der Waals surface area contributed by atoms with Crippen LogP contribution in [0.5, 0.6) is 0 Å². The standard InChI is InChI=1S/C31H52O3/c1-25(2)17-21-20-9-10-23-26(3)13-12-24(33)27(4,19-32)22(26)11-14-30(23,7)28(20,5)15-16-29(21,6)31(8,34)18-25/h9,21-24,32-34H,10-19H2,1-8H3/t21-,22?,23-,24+,26+,27+,28-,29-,30-,31-/m1/s1. The summed E-state index contributed by atoms with van der Waals surface area (Å²) >= 11 is 0. The van der Waals surface area contributed by atoms with E-state index in [1.165, 1.54) is 12.8 Å². The van der Waals surface area contributed by atoms with E-state index in [2.05, 4.69) is 61.5 Å². The molecule has 3 N–H and O–H groups in total. The molecule has 194 valence electrons. The second kappa shape index (κ2) is 7.13. The molecular formula is C31H52O3. The largest absolute Gasteiger partial charge is 0.396 e. The molecule has 5 aliphatic carbocycles. The van der Waals surface area contributed by atoms with Gasteiger partial charge in [-0.2, -0.15) is 0 Å². The van der Waals surface area contributed by atoms with E-state index in [9.17, 15) is 15.3 Å². The fourth-order valence-electron chi connectivity index (χ4n) is 11.3. The van der Waals surface area contributed by atoms with Gasteiger partial charge in [-0.25, -0.2) is 0 Å². The summed E-state index contributed by atoms with van der Waals surface area (Å²) in [6.07, 6.45) is 11.8. The Hall–Kier alpha value is -0.380. The summed E-state index contributed by atoms with van der Waals surface area (Å²) in [6, 6.07) is 0. The molecule has 0 bridgehead atoms. The summed E-state index contributed by atoms with van der Waals surface area (Å²) < 4.78 is 0. The molecule has 4 saturated carbocycles. The van der Waals surface area contributed by atoms with Crippen LogP contribution in [-0.4, -0.2) is 33.6 Å². The minimum absolute atomic E-state index is 0.0530. The molecule has 3 nitrogen and oxygen atoms in total. The van der Waals surface area contributed by atoms with Gasteiger partial charge < -0.3 is 15.3 Å². The van der Waals surface area contributed by atoms with Crippen LogP contribution in [0.2, 0.25) is 0 Å². The molecule has 34 heavy (non-hydrogen) atoms. The molecule has 5 rings (SSSR count). The molecule has 0 aromatic rings. The first-order chi connectivity index (χ1) is 15.5. The van der Waals surface area contributed by atoms with Gasteiger partial charge in [-0.05, 0) is 104 Å². The Morgan fingerprint density at radius 1 is 0.853 bits per heavy atom. The van der Waals surface area contributed by atoms with Crippen LogP contribution in [0.25, 0.3) is 0 Å². The van der Waals surface area contributed by atoms with Crippen molar-refractivity contribution in [2.75, 3.05) is 6.61 Å². The summed E-state index contributed by atoms with van der Waals surface area (Å²) in [5, 5.41) is 33.1. The fourth-order valence-corrected chi connectivity index (χ4v) is 11.3. The molecule has 0 saturated heterocycles. The number of aliphatic hydroxyl groups is 3. The lowest BCUT2D eigenvalue weighted by molar-refractivity contribution is -0.225. The maximum atomic E-state index is 11.8. The van der Waals surface area contributed by atoms with E-state index in [0.717, 1.165) is 44.9 Å². The second-order valence-electron chi connectivity index (χ2n) is 15.8. The third-order valence-corrected chi connectivity index (χ3v) is 13.7. The maximum absolute atomic E-state index is 11.8. The van der Waals surface area contributed by atoms with Gasteiger partial charge in [0.15, 0.2) is 0 Å². The zero-order chi connectivity index (χ0) is 25.2. The van der Waals surface area contributed by atoms with Crippen molar-refractivity contribution in [1.29, 1.82) is 0 Å². The molecule has 0 amide bonds. The van der Waals surface area contributed by atoms with Crippen LogP contribution in [-0.2, 0) is 0 Å². The summed E-state index contributed by atoms with van der Waals surface area (Å²) in [5.74, 6) is 1.39. The van der Waals surface area contributed by atoms with Crippen molar-refractivity contribution in [1.82, 2.24) is 0 Å². The first-order valence-corrected chi connectivity index (χ1v) is 14.2. The number of fused-ring (bicyclic) bond motifs is 7. The Labute approximate surface area is 208 Å². The number of aliphatic hydroxyl groups excluding tert-OH is 2. The molecule has 4 fully saturated rings. The molecule has 0 radical (unpaired) electrons. The van der Waals surface area contributed by atoms with Crippen LogP contribution < -0.4 is 0 Å². The van der Waals surface area contributed by atoms with Crippen LogP contribution in [0.15, 0.2) is 11.6 Å². The van der Waals surface area contributed by atoms with Crippen molar-refractivity contribution in [2.45, 2.75) is 125 Å². The van der Waals surface area contributed by atoms with Gasteiger partial charge in [0.1, 0.15) is 0 Å². The van der Waals surface area contributed by atoms with Crippen molar-refractivity contribution in [3.8, 4) is 0 Å². The van der Waals surface area contributed by atoms with E-state index in [1.807, 2.05) is 0 Å².